The first-order valence-electron chi connectivity index (χ1n) is 7.27. The molecule has 0 bridgehead atoms. The monoisotopic (exact) mass is 372 g/mol. The molecule has 1 heterocycles. The zero-order chi connectivity index (χ0) is 16.5. The molecule has 0 aliphatic rings. The highest BCUT2D eigenvalue weighted by atomic mass is 79.9. The summed E-state index contributed by atoms with van der Waals surface area (Å²) >= 11 is 3.48. The molecule has 1 rings (SSSR count). The van der Waals surface area contributed by atoms with Gasteiger partial charge in [-0.15, -0.1) is 0 Å². The van der Waals surface area contributed by atoms with Crippen LogP contribution in [0, 0.1) is 0 Å². The van der Waals surface area contributed by atoms with Gasteiger partial charge in [0.2, 0.25) is 0 Å². The Labute approximate surface area is 140 Å². The van der Waals surface area contributed by atoms with Crippen LogP contribution in [0.4, 0.5) is 0 Å². The summed E-state index contributed by atoms with van der Waals surface area (Å²) in [6, 6.07) is 2.10. The maximum Gasteiger partial charge on any atom is 0.305 e. The van der Waals surface area contributed by atoms with Gasteiger partial charge >= 0.3 is 5.97 Å². The van der Waals surface area contributed by atoms with Crippen molar-refractivity contribution in [2.24, 2.45) is 12.0 Å². The molecule has 0 radical (unpaired) electrons. The number of aromatic nitrogens is 1. The number of hydrogen-bond acceptors (Lipinski definition) is 3. The van der Waals surface area contributed by atoms with E-state index in [1.54, 1.807) is 7.05 Å². The quantitative estimate of drug-likeness (QED) is 0.344. The number of halogens is 1. The van der Waals surface area contributed by atoms with E-state index in [1.165, 1.54) is 12.8 Å². The van der Waals surface area contributed by atoms with Crippen LogP contribution in [-0.2, 0) is 23.1 Å². The summed E-state index contributed by atoms with van der Waals surface area (Å²) in [5, 5.41) is 3.31. The summed E-state index contributed by atoms with van der Waals surface area (Å²) < 4.78 is 7.78. The molecule has 0 atom stereocenters. The van der Waals surface area contributed by atoms with Gasteiger partial charge in [-0.2, -0.15) is 0 Å². The Morgan fingerprint density at radius 2 is 2.23 bits per heavy atom. The van der Waals surface area contributed by atoms with Crippen LogP contribution in [-0.4, -0.2) is 49.1 Å². The number of nitrogens with one attached hydrogen (secondary N) is 1. The molecular weight excluding hydrogens is 348 g/mol. The van der Waals surface area contributed by atoms with Crippen molar-refractivity contribution in [3.05, 3.63) is 22.4 Å². The topological polar surface area (TPSA) is 58.9 Å². The van der Waals surface area contributed by atoms with Crippen LogP contribution in [0.15, 0.2) is 21.7 Å². The summed E-state index contributed by atoms with van der Waals surface area (Å²) in [5.74, 6) is 0.686. The van der Waals surface area contributed by atoms with Crippen molar-refractivity contribution in [2.45, 2.75) is 25.8 Å². The summed E-state index contributed by atoms with van der Waals surface area (Å²) in [5.41, 5.74) is 1.20. The molecule has 6 nitrogen and oxygen atoms in total. The van der Waals surface area contributed by atoms with E-state index < -0.39 is 0 Å². The van der Waals surface area contributed by atoms with Gasteiger partial charge in [-0.05, 0) is 34.8 Å². The average molecular weight is 373 g/mol. The van der Waals surface area contributed by atoms with Crippen molar-refractivity contribution in [3.8, 4) is 0 Å². The molecular formula is C15H25BrN4O2. The minimum absolute atomic E-state index is 0.157. The molecule has 124 valence electrons. The van der Waals surface area contributed by atoms with Crippen molar-refractivity contribution < 1.29 is 9.53 Å². The third kappa shape index (κ3) is 6.09. The van der Waals surface area contributed by atoms with Crippen LogP contribution < -0.4 is 5.32 Å². The fraction of sp³-hybridized carbons (Fsp3) is 0.600. The molecule has 0 saturated heterocycles. The van der Waals surface area contributed by atoms with Crippen LogP contribution >= 0.6 is 15.9 Å². The Kier molecular flexibility index (Phi) is 8.01. The highest BCUT2D eigenvalue weighted by Gasteiger charge is 2.09. The lowest BCUT2D eigenvalue weighted by Gasteiger charge is -2.22. The largest absolute Gasteiger partial charge is 0.469 e. The second-order valence-electron chi connectivity index (χ2n) is 5.12. The predicted octanol–water partition coefficient (Wildman–Crippen LogP) is 2.14. The summed E-state index contributed by atoms with van der Waals surface area (Å²) in [4.78, 5) is 17.4. The Morgan fingerprint density at radius 3 is 2.77 bits per heavy atom. The third-order valence-electron chi connectivity index (χ3n) is 3.37. The molecule has 22 heavy (non-hydrogen) atoms. The normalized spacial score (nSPS) is 11.4. The number of hydrogen-bond donors (Lipinski definition) is 1. The number of carbonyl (C=O) groups excluding carboxylic acids is 1. The van der Waals surface area contributed by atoms with Gasteiger partial charge < -0.3 is 19.5 Å². The van der Waals surface area contributed by atoms with E-state index in [9.17, 15) is 4.79 Å². The van der Waals surface area contributed by atoms with Gasteiger partial charge in [-0.3, -0.25) is 9.79 Å². The molecule has 7 heteroatoms. The molecule has 1 N–H and O–H groups in total. The number of guanidine groups is 1. The second kappa shape index (κ2) is 9.50. The zero-order valence-corrected chi connectivity index (χ0v) is 15.3. The number of aryl methyl sites for hydroxylation is 1. The van der Waals surface area contributed by atoms with Crippen molar-refractivity contribution in [2.75, 3.05) is 27.7 Å². The van der Waals surface area contributed by atoms with Crippen LogP contribution in [0.1, 0.15) is 25.0 Å². The summed E-state index contributed by atoms with van der Waals surface area (Å²) in [6.45, 7) is 1.55. The van der Waals surface area contributed by atoms with Crippen LogP contribution in [0.3, 0.4) is 0 Å². The maximum atomic E-state index is 11.0. The molecule has 1 aromatic rings. The number of esters is 1. The van der Waals surface area contributed by atoms with Gasteiger partial charge in [0.15, 0.2) is 5.96 Å². The lowest BCUT2D eigenvalue weighted by atomic mass is 10.2. The first-order chi connectivity index (χ1) is 10.5. The van der Waals surface area contributed by atoms with E-state index >= 15 is 0 Å². The predicted molar refractivity (Wildman–Crippen MR) is 91.8 cm³/mol. The van der Waals surface area contributed by atoms with Gasteiger partial charge in [-0.25, -0.2) is 0 Å². The van der Waals surface area contributed by atoms with E-state index in [-0.39, 0.29) is 5.97 Å². The van der Waals surface area contributed by atoms with E-state index in [1.807, 2.05) is 20.3 Å². The molecule has 0 unspecified atom stereocenters. The van der Waals surface area contributed by atoms with Crippen molar-refractivity contribution >= 4 is 27.9 Å². The molecule has 0 amide bonds. The maximum absolute atomic E-state index is 11.0. The first kappa shape index (κ1) is 18.5. The van der Waals surface area contributed by atoms with E-state index in [2.05, 4.69) is 46.5 Å². The van der Waals surface area contributed by atoms with Gasteiger partial charge in [0, 0.05) is 50.5 Å². The first-order valence-corrected chi connectivity index (χ1v) is 8.06. The van der Waals surface area contributed by atoms with E-state index in [0.29, 0.717) is 6.42 Å². The van der Waals surface area contributed by atoms with E-state index in [4.69, 9.17) is 0 Å². The lowest BCUT2D eigenvalue weighted by molar-refractivity contribution is -0.140. The number of rotatable bonds is 7. The number of methoxy groups -OCH3 is 1. The SMILES string of the molecule is CN=C(NCCCCC(=O)OC)N(C)Cc1cc(Br)cn1C. The van der Waals surface area contributed by atoms with Crippen molar-refractivity contribution in [3.63, 3.8) is 0 Å². The third-order valence-corrected chi connectivity index (χ3v) is 3.80. The Bertz CT molecular complexity index is 514. The average Bonchev–Trinajstić information content (AvgIpc) is 2.80. The smallest absolute Gasteiger partial charge is 0.305 e. The van der Waals surface area contributed by atoms with Gasteiger partial charge in [-0.1, -0.05) is 0 Å². The molecule has 0 fully saturated rings. The molecule has 0 aromatic carbocycles. The molecule has 0 spiro atoms. The van der Waals surface area contributed by atoms with Crippen LogP contribution in [0.2, 0.25) is 0 Å². The lowest BCUT2D eigenvalue weighted by Crippen LogP contribution is -2.39. The number of carbonyl (C=O) groups is 1. The van der Waals surface area contributed by atoms with Crippen molar-refractivity contribution in [1.29, 1.82) is 0 Å². The Balaban J connectivity index is 2.37. The number of aliphatic imine (C=N–C) groups is 1. The minimum Gasteiger partial charge on any atom is -0.469 e. The molecule has 0 aliphatic heterocycles. The molecule has 1 aromatic heterocycles. The van der Waals surface area contributed by atoms with Crippen molar-refractivity contribution in [1.82, 2.24) is 14.8 Å². The number of ether oxygens (including phenoxy) is 1. The fourth-order valence-electron chi connectivity index (χ4n) is 2.12. The highest BCUT2D eigenvalue weighted by molar-refractivity contribution is 9.10. The van der Waals surface area contributed by atoms with Crippen LogP contribution in [0.25, 0.3) is 0 Å². The van der Waals surface area contributed by atoms with E-state index in [0.717, 1.165) is 36.4 Å². The highest BCUT2D eigenvalue weighted by Crippen LogP contribution is 2.14. The molecule has 0 saturated carbocycles. The molecule has 0 aliphatic carbocycles. The summed E-state index contributed by atoms with van der Waals surface area (Å²) in [6.07, 6.45) is 4.21. The van der Waals surface area contributed by atoms with Gasteiger partial charge in [0.05, 0.1) is 13.7 Å². The standard InChI is InChI=1S/C15H25BrN4O2/c1-17-15(18-8-6-5-7-14(21)22-4)20(3)11-13-9-12(16)10-19(13)2/h9-10H,5-8,11H2,1-4H3,(H,17,18). The summed E-state index contributed by atoms with van der Waals surface area (Å²) in [7, 11) is 7.22. The Morgan fingerprint density at radius 1 is 1.50 bits per heavy atom. The number of unbranched alkanes of at least 4 members (excludes halogenated alkanes) is 1. The Hall–Kier alpha value is -1.50. The second-order valence-corrected chi connectivity index (χ2v) is 6.04. The van der Waals surface area contributed by atoms with Gasteiger partial charge in [0.25, 0.3) is 0 Å². The fourth-order valence-corrected chi connectivity index (χ4v) is 2.69. The zero-order valence-electron chi connectivity index (χ0n) is 13.7. The number of nitrogens with zero attached hydrogens (tertiary/aromatic N) is 3. The van der Waals surface area contributed by atoms with Crippen LogP contribution in [0.5, 0.6) is 0 Å². The minimum atomic E-state index is -0.157. The van der Waals surface area contributed by atoms with Gasteiger partial charge in [0.1, 0.15) is 0 Å².